The molecule has 1 aromatic heterocycles. The molecule has 4 aromatic rings. The lowest BCUT2D eigenvalue weighted by molar-refractivity contribution is -0.118. The summed E-state index contributed by atoms with van der Waals surface area (Å²) in [5, 5.41) is 13.2. The Labute approximate surface area is 193 Å². The molecule has 1 amide bonds. The lowest BCUT2D eigenvalue weighted by Gasteiger charge is -2.10. The van der Waals surface area contributed by atoms with Gasteiger partial charge < -0.3 is 0 Å². The van der Waals surface area contributed by atoms with E-state index in [1.54, 1.807) is 6.07 Å². The molecule has 4 rings (SSSR count). The molecule has 3 aromatic carbocycles. The van der Waals surface area contributed by atoms with Gasteiger partial charge in [-0.05, 0) is 24.3 Å². The zero-order valence-electron chi connectivity index (χ0n) is 16.7. The number of benzene rings is 3. The number of carbonyl (C=O) groups excluding carboxylic acids is 1. The molecule has 0 saturated carbocycles. The Morgan fingerprint density at radius 2 is 1.75 bits per heavy atom. The van der Waals surface area contributed by atoms with Gasteiger partial charge in [0.2, 0.25) is 0 Å². The van der Waals surface area contributed by atoms with Crippen LogP contribution < -0.4 is 5.43 Å². The summed E-state index contributed by atoms with van der Waals surface area (Å²) < 4.78 is 15.7. The van der Waals surface area contributed by atoms with E-state index in [2.05, 4.69) is 20.7 Å². The van der Waals surface area contributed by atoms with Crippen LogP contribution in [0.25, 0.3) is 17.1 Å². The first-order valence-electron chi connectivity index (χ1n) is 9.58. The summed E-state index contributed by atoms with van der Waals surface area (Å²) in [5.41, 5.74) is 4.28. The fourth-order valence-electron chi connectivity index (χ4n) is 2.91. The monoisotopic (exact) mass is 465 g/mol. The average Bonchev–Trinajstić information content (AvgIpc) is 3.25. The van der Waals surface area contributed by atoms with Gasteiger partial charge >= 0.3 is 0 Å². The fraction of sp³-hybridized carbons (Fsp3) is 0.0435. The normalized spacial score (nSPS) is 11.1. The average molecular weight is 466 g/mol. The molecule has 9 heteroatoms. The second-order valence-corrected chi connectivity index (χ2v) is 7.91. The summed E-state index contributed by atoms with van der Waals surface area (Å²) in [4.78, 5) is 12.3. The number of amides is 1. The Morgan fingerprint density at radius 3 is 2.47 bits per heavy atom. The molecule has 0 spiro atoms. The molecule has 0 radical (unpaired) electrons. The van der Waals surface area contributed by atoms with Crippen LogP contribution in [0.2, 0.25) is 5.02 Å². The number of nitrogens with zero attached hydrogens (tertiary/aromatic N) is 4. The molecule has 1 N–H and O–H groups in total. The molecule has 0 bridgehead atoms. The van der Waals surface area contributed by atoms with E-state index >= 15 is 0 Å². The molecular formula is C23H17ClFN5OS. The second kappa shape index (κ2) is 10.2. The van der Waals surface area contributed by atoms with E-state index in [0.29, 0.717) is 11.0 Å². The Hall–Kier alpha value is -3.49. The Balaban J connectivity index is 1.49. The zero-order chi connectivity index (χ0) is 22.3. The van der Waals surface area contributed by atoms with Crippen LogP contribution in [-0.2, 0) is 4.79 Å². The van der Waals surface area contributed by atoms with Crippen molar-refractivity contribution in [3.8, 4) is 17.1 Å². The topological polar surface area (TPSA) is 72.2 Å². The molecule has 0 atom stereocenters. The van der Waals surface area contributed by atoms with Crippen LogP contribution in [0.1, 0.15) is 5.56 Å². The first-order valence-corrected chi connectivity index (χ1v) is 10.9. The van der Waals surface area contributed by atoms with Crippen molar-refractivity contribution in [2.75, 3.05) is 5.75 Å². The van der Waals surface area contributed by atoms with E-state index in [9.17, 15) is 9.18 Å². The zero-order valence-corrected chi connectivity index (χ0v) is 18.2. The van der Waals surface area contributed by atoms with Crippen molar-refractivity contribution < 1.29 is 9.18 Å². The third kappa shape index (κ3) is 5.04. The quantitative estimate of drug-likeness (QED) is 0.237. The van der Waals surface area contributed by atoms with Gasteiger partial charge in [-0.2, -0.15) is 5.10 Å². The number of carbonyl (C=O) groups is 1. The van der Waals surface area contributed by atoms with Crippen LogP contribution in [0.15, 0.2) is 89.1 Å². The van der Waals surface area contributed by atoms with Crippen LogP contribution in [0.3, 0.4) is 0 Å². The Kier molecular flexibility index (Phi) is 6.94. The van der Waals surface area contributed by atoms with Crippen LogP contribution in [-0.4, -0.2) is 32.6 Å². The molecule has 0 unspecified atom stereocenters. The number of halogens is 2. The number of nitrogens with one attached hydrogen (secondary N) is 1. The van der Waals surface area contributed by atoms with E-state index in [-0.39, 0.29) is 22.2 Å². The molecule has 0 fully saturated rings. The minimum atomic E-state index is -0.519. The van der Waals surface area contributed by atoms with Gasteiger partial charge in [-0.15, -0.1) is 10.2 Å². The predicted octanol–water partition coefficient (Wildman–Crippen LogP) is 4.97. The Morgan fingerprint density at radius 1 is 1.03 bits per heavy atom. The SMILES string of the molecule is O=C(CSc1nnc(-c2ccccc2)n1-c1ccccc1)N/N=C/c1c(F)cccc1Cl. The van der Waals surface area contributed by atoms with Crippen molar-refractivity contribution in [2.45, 2.75) is 5.16 Å². The second-order valence-electron chi connectivity index (χ2n) is 6.56. The maximum atomic E-state index is 13.8. The summed E-state index contributed by atoms with van der Waals surface area (Å²) in [6.45, 7) is 0. The molecule has 6 nitrogen and oxygen atoms in total. The molecule has 1 heterocycles. The highest BCUT2D eigenvalue weighted by Crippen LogP contribution is 2.27. The molecule has 0 saturated heterocycles. The highest BCUT2D eigenvalue weighted by atomic mass is 35.5. The van der Waals surface area contributed by atoms with E-state index in [1.165, 1.54) is 30.1 Å². The highest BCUT2D eigenvalue weighted by molar-refractivity contribution is 7.99. The number of hydrogen-bond acceptors (Lipinski definition) is 5. The van der Waals surface area contributed by atoms with Gasteiger partial charge in [0.05, 0.1) is 17.0 Å². The van der Waals surface area contributed by atoms with Crippen molar-refractivity contribution in [3.05, 3.63) is 95.3 Å². The van der Waals surface area contributed by atoms with Gasteiger partial charge in [-0.25, -0.2) is 9.82 Å². The van der Waals surface area contributed by atoms with Gasteiger partial charge in [0, 0.05) is 16.8 Å². The maximum Gasteiger partial charge on any atom is 0.250 e. The first-order chi connectivity index (χ1) is 15.6. The van der Waals surface area contributed by atoms with Crippen LogP contribution >= 0.6 is 23.4 Å². The van der Waals surface area contributed by atoms with Crippen molar-refractivity contribution in [1.29, 1.82) is 0 Å². The summed E-state index contributed by atoms with van der Waals surface area (Å²) in [6.07, 6.45) is 1.18. The predicted molar refractivity (Wildman–Crippen MR) is 125 cm³/mol. The fourth-order valence-corrected chi connectivity index (χ4v) is 3.87. The lowest BCUT2D eigenvalue weighted by atomic mass is 10.2. The molecule has 0 aliphatic rings. The molecule has 0 aliphatic carbocycles. The van der Waals surface area contributed by atoms with Crippen molar-refractivity contribution in [1.82, 2.24) is 20.2 Å². The molecular weight excluding hydrogens is 449 g/mol. The summed E-state index contributed by atoms with van der Waals surface area (Å²) in [7, 11) is 0. The number of hydrogen-bond donors (Lipinski definition) is 1. The summed E-state index contributed by atoms with van der Waals surface area (Å²) >= 11 is 7.17. The van der Waals surface area contributed by atoms with Crippen molar-refractivity contribution in [3.63, 3.8) is 0 Å². The molecule has 32 heavy (non-hydrogen) atoms. The van der Waals surface area contributed by atoms with Crippen LogP contribution in [0.4, 0.5) is 4.39 Å². The number of aromatic nitrogens is 3. The number of rotatable bonds is 7. The van der Waals surface area contributed by atoms with E-state index in [4.69, 9.17) is 11.6 Å². The van der Waals surface area contributed by atoms with E-state index < -0.39 is 5.82 Å². The highest BCUT2D eigenvalue weighted by Gasteiger charge is 2.17. The van der Waals surface area contributed by atoms with Crippen LogP contribution in [0, 0.1) is 5.82 Å². The number of para-hydroxylation sites is 1. The number of hydrazone groups is 1. The minimum Gasteiger partial charge on any atom is -0.272 e. The van der Waals surface area contributed by atoms with E-state index in [0.717, 1.165) is 11.3 Å². The third-order valence-corrected chi connectivity index (χ3v) is 5.65. The summed E-state index contributed by atoms with van der Waals surface area (Å²) in [5.74, 6) is -0.175. The minimum absolute atomic E-state index is 0.0438. The maximum absolute atomic E-state index is 13.8. The molecule has 160 valence electrons. The Bertz CT molecular complexity index is 1230. The third-order valence-electron chi connectivity index (χ3n) is 4.39. The summed E-state index contributed by atoms with van der Waals surface area (Å²) in [6, 6.07) is 23.7. The van der Waals surface area contributed by atoms with Gasteiger partial charge in [0.15, 0.2) is 11.0 Å². The van der Waals surface area contributed by atoms with Gasteiger partial charge in [-0.1, -0.05) is 78.0 Å². The lowest BCUT2D eigenvalue weighted by Crippen LogP contribution is -2.20. The van der Waals surface area contributed by atoms with Crippen molar-refractivity contribution >= 4 is 35.5 Å². The smallest absolute Gasteiger partial charge is 0.250 e. The van der Waals surface area contributed by atoms with E-state index in [1.807, 2.05) is 65.2 Å². The van der Waals surface area contributed by atoms with Crippen molar-refractivity contribution in [2.24, 2.45) is 5.10 Å². The van der Waals surface area contributed by atoms with Gasteiger partial charge in [-0.3, -0.25) is 9.36 Å². The first kappa shape index (κ1) is 21.7. The van der Waals surface area contributed by atoms with Crippen LogP contribution in [0.5, 0.6) is 0 Å². The standard InChI is InChI=1S/C23H17ClFN5OS/c24-19-12-7-13-20(25)18(19)14-26-27-21(31)15-32-23-29-28-22(16-8-3-1-4-9-16)30(23)17-10-5-2-6-11-17/h1-14H,15H2,(H,27,31)/b26-14+. The number of thioether (sulfide) groups is 1. The molecule has 0 aliphatic heterocycles. The largest absolute Gasteiger partial charge is 0.272 e. The van der Waals surface area contributed by atoms with Gasteiger partial charge in [0.25, 0.3) is 5.91 Å². The van der Waals surface area contributed by atoms with Gasteiger partial charge in [0.1, 0.15) is 5.82 Å².